The first-order chi connectivity index (χ1) is 7.93. The molecule has 4 heteroatoms. The van der Waals surface area contributed by atoms with E-state index in [1.165, 1.54) is 4.90 Å². The molecule has 1 saturated heterocycles. The third kappa shape index (κ3) is 1.28. The number of hydrogen-bond donors (Lipinski definition) is 0. The van der Waals surface area contributed by atoms with Gasteiger partial charge in [0.15, 0.2) is 0 Å². The van der Waals surface area contributed by atoms with Crippen molar-refractivity contribution in [2.45, 2.75) is 33.1 Å². The van der Waals surface area contributed by atoms with Crippen LogP contribution in [0, 0.1) is 34.0 Å². The van der Waals surface area contributed by atoms with Gasteiger partial charge in [-0.2, -0.15) is 5.26 Å². The molecule has 3 rings (SSSR count). The van der Waals surface area contributed by atoms with Gasteiger partial charge in [-0.15, -0.1) is 0 Å². The van der Waals surface area contributed by atoms with Crippen molar-refractivity contribution in [1.82, 2.24) is 4.90 Å². The molecule has 3 aliphatic rings. The van der Waals surface area contributed by atoms with E-state index in [2.05, 4.69) is 6.07 Å². The minimum absolute atomic E-state index is 0.00536. The van der Waals surface area contributed by atoms with Crippen LogP contribution in [0.3, 0.4) is 0 Å². The van der Waals surface area contributed by atoms with Gasteiger partial charge in [0, 0.05) is 18.4 Å². The van der Waals surface area contributed by atoms with Crippen LogP contribution in [0.1, 0.15) is 33.1 Å². The molecule has 0 N–H and O–H groups in total. The summed E-state index contributed by atoms with van der Waals surface area (Å²) in [7, 11) is 0. The molecule has 0 aromatic heterocycles. The van der Waals surface area contributed by atoms with Crippen LogP contribution in [-0.4, -0.2) is 23.3 Å². The minimum Gasteiger partial charge on any atom is -0.281 e. The highest BCUT2D eigenvalue weighted by Crippen LogP contribution is 2.64. The Morgan fingerprint density at radius 3 is 2.24 bits per heavy atom. The quantitative estimate of drug-likeness (QED) is 0.689. The maximum Gasteiger partial charge on any atom is 0.233 e. The maximum absolute atomic E-state index is 12.1. The molecule has 17 heavy (non-hydrogen) atoms. The minimum atomic E-state index is -0.128. The third-order valence-corrected chi connectivity index (χ3v) is 4.80. The Balaban J connectivity index is 1.74. The fourth-order valence-electron chi connectivity index (χ4n) is 3.23. The van der Waals surface area contributed by atoms with Crippen molar-refractivity contribution in [2.75, 3.05) is 6.54 Å². The van der Waals surface area contributed by atoms with Gasteiger partial charge in [0.2, 0.25) is 11.8 Å². The van der Waals surface area contributed by atoms with Gasteiger partial charge in [-0.25, -0.2) is 0 Å². The standard InChI is InChI=1S/C13H16N2O2/c1-12(2)8-9(12)11(17)15(10(8)16)7-13(3-4-13)5-6-14/h8-9H,3-5,7H2,1-2H3. The predicted molar refractivity (Wildman–Crippen MR) is 59.4 cm³/mol. The Labute approximate surface area is 101 Å². The smallest absolute Gasteiger partial charge is 0.233 e. The van der Waals surface area contributed by atoms with E-state index in [1.54, 1.807) is 0 Å². The predicted octanol–water partition coefficient (Wildman–Crippen LogP) is 1.32. The monoisotopic (exact) mass is 232 g/mol. The summed E-state index contributed by atoms with van der Waals surface area (Å²) in [4.78, 5) is 25.6. The Morgan fingerprint density at radius 2 is 1.82 bits per heavy atom. The van der Waals surface area contributed by atoms with Crippen LogP contribution in [0.5, 0.6) is 0 Å². The van der Waals surface area contributed by atoms with E-state index >= 15 is 0 Å². The molecule has 1 aliphatic heterocycles. The second-order valence-corrected chi connectivity index (χ2v) is 6.37. The lowest BCUT2D eigenvalue weighted by Gasteiger charge is -2.24. The van der Waals surface area contributed by atoms with Gasteiger partial charge in [-0.3, -0.25) is 14.5 Å². The summed E-state index contributed by atoms with van der Waals surface area (Å²) in [6.45, 7) is 4.44. The fourth-order valence-corrected chi connectivity index (χ4v) is 3.23. The number of carbonyl (C=O) groups is 2. The van der Waals surface area contributed by atoms with Gasteiger partial charge in [-0.05, 0) is 18.3 Å². The van der Waals surface area contributed by atoms with Crippen molar-refractivity contribution >= 4 is 11.8 Å². The number of carbonyl (C=O) groups excluding carboxylic acids is 2. The van der Waals surface area contributed by atoms with Crippen LogP contribution in [0.25, 0.3) is 0 Å². The van der Waals surface area contributed by atoms with Crippen LogP contribution in [0.4, 0.5) is 0 Å². The number of hydrogen-bond acceptors (Lipinski definition) is 3. The fraction of sp³-hybridized carbons (Fsp3) is 0.769. The van der Waals surface area contributed by atoms with Gasteiger partial charge >= 0.3 is 0 Å². The number of piperidine rings is 1. The Kier molecular flexibility index (Phi) is 1.83. The first-order valence-electron chi connectivity index (χ1n) is 6.15. The lowest BCUT2D eigenvalue weighted by atomic mass is 10.0. The molecule has 0 spiro atoms. The average Bonchev–Trinajstić information content (AvgIpc) is 3.08. The highest BCUT2D eigenvalue weighted by Gasteiger charge is 2.73. The summed E-state index contributed by atoms with van der Waals surface area (Å²) < 4.78 is 0. The van der Waals surface area contributed by atoms with Gasteiger partial charge < -0.3 is 0 Å². The van der Waals surface area contributed by atoms with E-state index in [1.807, 2.05) is 13.8 Å². The largest absolute Gasteiger partial charge is 0.281 e. The highest BCUT2D eigenvalue weighted by atomic mass is 16.2. The second kappa shape index (κ2) is 2.90. The first-order valence-corrected chi connectivity index (χ1v) is 6.15. The normalized spacial score (nSPS) is 35.5. The van der Waals surface area contributed by atoms with Gasteiger partial charge in [0.25, 0.3) is 0 Å². The molecule has 0 aromatic carbocycles. The molecule has 2 saturated carbocycles. The van der Waals surface area contributed by atoms with Crippen molar-refractivity contribution in [1.29, 1.82) is 5.26 Å². The lowest BCUT2D eigenvalue weighted by Crippen LogP contribution is -2.40. The molecular weight excluding hydrogens is 216 g/mol. The van der Waals surface area contributed by atoms with Crippen LogP contribution < -0.4 is 0 Å². The number of nitriles is 1. The van der Waals surface area contributed by atoms with Crippen molar-refractivity contribution in [3.63, 3.8) is 0 Å². The van der Waals surface area contributed by atoms with Gasteiger partial charge in [0.05, 0.1) is 17.9 Å². The molecule has 0 aromatic rings. The molecule has 4 nitrogen and oxygen atoms in total. The van der Waals surface area contributed by atoms with Crippen LogP contribution in [0.15, 0.2) is 0 Å². The molecule has 0 radical (unpaired) electrons. The van der Waals surface area contributed by atoms with Crippen LogP contribution >= 0.6 is 0 Å². The summed E-state index contributed by atoms with van der Waals surface area (Å²) >= 11 is 0. The average molecular weight is 232 g/mol. The Bertz CT molecular complexity index is 433. The maximum atomic E-state index is 12.1. The molecule has 2 aliphatic carbocycles. The van der Waals surface area contributed by atoms with Crippen molar-refractivity contribution in [3.8, 4) is 6.07 Å². The topological polar surface area (TPSA) is 61.2 Å². The summed E-state index contributed by atoms with van der Waals surface area (Å²) in [5.74, 6) is -0.191. The highest BCUT2D eigenvalue weighted by molar-refractivity contribution is 6.10. The second-order valence-electron chi connectivity index (χ2n) is 6.37. The summed E-state index contributed by atoms with van der Waals surface area (Å²) in [6.07, 6.45) is 2.40. The molecule has 2 atom stereocenters. The number of amides is 2. The van der Waals surface area contributed by atoms with Crippen LogP contribution in [0.2, 0.25) is 0 Å². The van der Waals surface area contributed by atoms with Crippen molar-refractivity contribution in [2.24, 2.45) is 22.7 Å². The Hall–Kier alpha value is -1.37. The number of nitrogens with zero attached hydrogens (tertiary/aromatic N) is 2. The zero-order valence-corrected chi connectivity index (χ0v) is 10.2. The number of likely N-dealkylation sites (tertiary alicyclic amines) is 1. The summed E-state index contributed by atoms with van der Waals surface area (Å²) in [5.41, 5.74) is -0.197. The van der Waals surface area contributed by atoms with E-state index in [9.17, 15) is 9.59 Å². The van der Waals surface area contributed by atoms with E-state index in [0.29, 0.717) is 13.0 Å². The molecule has 90 valence electrons. The molecule has 0 bridgehead atoms. The number of fused-ring (bicyclic) bond motifs is 1. The third-order valence-electron chi connectivity index (χ3n) is 4.80. The van der Waals surface area contributed by atoms with Crippen molar-refractivity contribution < 1.29 is 9.59 Å². The summed E-state index contributed by atoms with van der Waals surface area (Å²) in [6, 6.07) is 2.16. The molecule has 1 heterocycles. The molecule has 2 unspecified atom stereocenters. The summed E-state index contributed by atoms with van der Waals surface area (Å²) in [5, 5.41) is 8.75. The zero-order chi connectivity index (χ0) is 12.4. The van der Waals surface area contributed by atoms with Crippen molar-refractivity contribution in [3.05, 3.63) is 0 Å². The first kappa shape index (κ1) is 10.8. The number of rotatable bonds is 3. The van der Waals surface area contributed by atoms with E-state index in [4.69, 9.17) is 5.26 Å². The SMILES string of the molecule is CC1(C)C2C(=O)N(CC3(CC#N)CC3)C(=O)C21. The molecule has 3 fully saturated rings. The van der Waals surface area contributed by atoms with E-state index < -0.39 is 0 Å². The van der Waals surface area contributed by atoms with E-state index in [-0.39, 0.29) is 34.5 Å². The van der Waals surface area contributed by atoms with Gasteiger partial charge in [-0.1, -0.05) is 13.8 Å². The van der Waals surface area contributed by atoms with Gasteiger partial charge in [0.1, 0.15) is 0 Å². The molecular formula is C13H16N2O2. The Morgan fingerprint density at radius 1 is 1.29 bits per heavy atom. The molecule has 2 amide bonds. The van der Waals surface area contributed by atoms with E-state index in [0.717, 1.165) is 12.8 Å². The number of imide groups is 1. The zero-order valence-electron chi connectivity index (χ0n) is 10.2. The van der Waals surface area contributed by atoms with Crippen LogP contribution in [-0.2, 0) is 9.59 Å². The lowest BCUT2D eigenvalue weighted by molar-refractivity contribution is -0.144.